The SMILES string of the molecule is Cc1nc(CCNc2ncnc3ccc(-c4ccc5c(c4)OCO5)cc23)cs1. The number of fused-ring (bicyclic) bond motifs is 2. The molecule has 2 aromatic carbocycles. The van der Waals surface area contributed by atoms with Gasteiger partial charge >= 0.3 is 0 Å². The van der Waals surface area contributed by atoms with Crippen molar-refractivity contribution in [3.8, 4) is 22.6 Å². The number of aryl methyl sites for hydroxylation is 1. The third-order valence-corrected chi connectivity index (χ3v) is 5.50. The molecule has 1 aliphatic heterocycles. The highest BCUT2D eigenvalue weighted by Crippen LogP contribution is 2.36. The molecular formula is C21H18N4O2S. The zero-order valence-corrected chi connectivity index (χ0v) is 16.1. The molecular weight excluding hydrogens is 372 g/mol. The first-order chi connectivity index (χ1) is 13.8. The number of anilines is 1. The lowest BCUT2D eigenvalue weighted by Gasteiger charge is -2.10. The third-order valence-electron chi connectivity index (χ3n) is 4.68. The van der Waals surface area contributed by atoms with Crippen molar-refractivity contribution in [2.24, 2.45) is 0 Å². The van der Waals surface area contributed by atoms with Gasteiger partial charge < -0.3 is 14.8 Å². The number of rotatable bonds is 5. The highest BCUT2D eigenvalue weighted by molar-refractivity contribution is 7.09. The van der Waals surface area contributed by atoms with Crippen LogP contribution in [-0.2, 0) is 6.42 Å². The maximum Gasteiger partial charge on any atom is 0.231 e. The van der Waals surface area contributed by atoms with Gasteiger partial charge in [0.15, 0.2) is 11.5 Å². The van der Waals surface area contributed by atoms with E-state index in [0.717, 1.165) is 63.0 Å². The highest BCUT2D eigenvalue weighted by atomic mass is 32.1. The summed E-state index contributed by atoms with van der Waals surface area (Å²) in [4.78, 5) is 13.4. The lowest BCUT2D eigenvalue weighted by Crippen LogP contribution is -2.07. The van der Waals surface area contributed by atoms with Crippen LogP contribution in [0.15, 0.2) is 48.1 Å². The Morgan fingerprint density at radius 3 is 2.79 bits per heavy atom. The van der Waals surface area contributed by atoms with Crippen LogP contribution in [0.1, 0.15) is 10.7 Å². The Labute approximate surface area is 166 Å². The first-order valence-electron chi connectivity index (χ1n) is 9.06. The van der Waals surface area contributed by atoms with E-state index in [9.17, 15) is 0 Å². The second-order valence-corrected chi connectivity index (χ2v) is 7.62. The Morgan fingerprint density at radius 2 is 1.89 bits per heavy atom. The van der Waals surface area contributed by atoms with E-state index < -0.39 is 0 Å². The molecule has 0 unspecified atom stereocenters. The van der Waals surface area contributed by atoms with E-state index in [1.54, 1.807) is 17.7 Å². The highest BCUT2D eigenvalue weighted by Gasteiger charge is 2.14. The summed E-state index contributed by atoms with van der Waals surface area (Å²) in [7, 11) is 0. The molecule has 140 valence electrons. The molecule has 2 aromatic heterocycles. The first-order valence-corrected chi connectivity index (χ1v) is 9.94. The molecule has 0 aliphatic carbocycles. The van der Waals surface area contributed by atoms with Gasteiger partial charge in [0.25, 0.3) is 0 Å². The smallest absolute Gasteiger partial charge is 0.231 e. The van der Waals surface area contributed by atoms with Gasteiger partial charge in [-0.2, -0.15) is 0 Å². The molecule has 0 atom stereocenters. The Hall–Kier alpha value is -3.19. The summed E-state index contributed by atoms with van der Waals surface area (Å²) < 4.78 is 10.9. The van der Waals surface area contributed by atoms with Crippen molar-refractivity contribution in [2.75, 3.05) is 18.7 Å². The van der Waals surface area contributed by atoms with Crippen LogP contribution in [0.25, 0.3) is 22.0 Å². The number of hydrogen-bond acceptors (Lipinski definition) is 7. The van der Waals surface area contributed by atoms with E-state index in [1.807, 2.05) is 31.2 Å². The second kappa shape index (κ2) is 7.09. The number of hydrogen-bond donors (Lipinski definition) is 1. The summed E-state index contributed by atoms with van der Waals surface area (Å²) in [6.07, 6.45) is 2.45. The van der Waals surface area contributed by atoms with Crippen molar-refractivity contribution in [3.05, 3.63) is 58.8 Å². The molecule has 0 fully saturated rings. The van der Waals surface area contributed by atoms with Crippen LogP contribution in [0.5, 0.6) is 11.5 Å². The largest absolute Gasteiger partial charge is 0.454 e. The quantitative estimate of drug-likeness (QED) is 0.543. The van der Waals surface area contributed by atoms with Crippen molar-refractivity contribution in [1.82, 2.24) is 15.0 Å². The Morgan fingerprint density at radius 1 is 1.04 bits per heavy atom. The average Bonchev–Trinajstić information content (AvgIpc) is 3.36. The molecule has 1 aliphatic rings. The molecule has 0 spiro atoms. The van der Waals surface area contributed by atoms with Gasteiger partial charge in [0.2, 0.25) is 6.79 Å². The molecule has 28 heavy (non-hydrogen) atoms. The maximum atomic E-state index is 5.50. The summed E-state index contributed by atoms with van der Waals surface area (Å²) in [5.74, 6) is 2.39. The van der Waals surface area contributed by atoms with Crippen LogP contribution in [0.4, 0.5) is 5.82 Å². The Balaban J connectivity index is 1.42. The van der Waals surface area contributed by atoms with Gasteiger partial charge in [-0.25, -0.2) is 15.0 Å². The van der Waals surface area contributed by atoms with Crippen molar-refractivity contribution in [1.29, 1.82) is 0 Å². The standard InChI is InChI=1S/C21H18N4O2S/c1-13-25-16(10-28-13)6-7-22-21-17-8-14(2-4-18(17)23-11-24-21)15-3-5-19-20(9-15)27-12-26-19/h2-5,8-11H,6-7,12H2,1H3,(H,22,23,24). The maximum absolute atomic E-state index is 5.50. The third kappa shape index (κ3) is 3.25. The van der Waals surface area contributed by atoms with E-state index >= 15 is 0 Å². The predicted molar refractivity (Wildman–Crippen MR) is 110 cm³/mol. The minimum absolute atomic E-state index is 0.275. The summed E-state index contributed by atoms with van der Waals surface area (Å²) >= 11 is 1.68. The van der Waals surface area contributed by atoms with Crippen LogP contribution in [-0.4, -0.2) is 28.3 Å². The number of benzene rings is 2. The van der Waals surface area contributed by atoms with Gasteiger partial charge in [0.1, 0.15) is 12.1 Å². The fourth-order valence-electron chi connectivity index (χ4n) is 3.29. The van der Waals surface area contributed by atoms with Crippen LogP contribution < -0.4 is 14.8 Å². The molecule has 0 saturated heterocycles. The zero-order valence-electron chi connectivity index (χ0n) is 15.3. The Bertz CT molecular complexity index is 1160. The van der Waals surface area contributed by atoms with Crippen molar-refractivity contribution in [3.63, 3.8) is 0 Å². The summed E-state index contributed by atoms with van der Waals surface area (Å²) in [5.41, 5.74) is 4.17. The number of aromatic nitrogens is 3. The fourth-order valence-corrected chi connectivity index (χ4v) is 3.93. The van der Waals surface area contributed by atoms with E-state index in [4.69, 9.17) is 9.47 Å². The molecule has 3 heterocycles. The molecule has 0 radical (unpaired) electrons. The number of nitrogens with one attached hydrogen (secondary N) is 1. The van der Waals surface area contributed by atoms with Crippen LogP contribution in [0.2, 0.25) is 0 Å². The average molecular weight is 390 g/mol. The van der Waals surface area contributed by atoms with E-state index in [1.165, 1.54) is 0 Å². The lowest BCUT2D eigenvalue weighted by molar-refractivity contribution is 0.174. The van der Waals surface area contributed by atoms with Gasteiger partial charge in [-0.15, -0.1) is 11.3 Å². The lowest BCUT2D eigenvalue weighted by atomic mass is 10.0. The molecule has 1 N–H and O–H groups in total. The van der Waals surface area contributed by atoms with Gasteiger partial charge in [-0.1, -0.05) is 12.1 Å². The van der Waals surface area contributed by atoms with E-state index in [0.29, 0.717) is 0 Å². The molecule has 0 saturated carbocycles. The molecule has 0 bridgehead atoms. The molecule has 4 aromatic rings. The monoisotopic (exact) mass is 390 g/mol. The van der Waals surface area contributed by atoms with Crippen molar-refractivity contribution < 1.29 is 9.47 Å². The summed E-state index contributed by atoms with van der Waals surface area (Å²) in [6.45, 7) is 3.07. The molecule has 5 rings (SSSR count). The minimum atomic E-state index is 0.275. The fraction of sp³-hybridized carbons (Fsp3) is 0.190. The van der Waals surface area contributed by atoms with Crippen molar-refractivity contribution >= 4 is 28.1 Å². The van der Waals surface area contributed by atoms with Crippen LogP contribution >= 0.6 is 11.3 Å². The van der Waals surface area contributed by atoms with Crippen LogP contribution in [0.3, 0.4) is 0 Å². The number of thiazole rings is 1. The van der Waals surface area contributed by atoms with Gasteiger partial charge in [0.05, 0.1) is 16.2 Å². The summed E-state index contributed by atoms with van der Waals surface area (Å²) in [5, 5.41) is 7.62. The second-order valence-electron chi connectivity index (χ2n) is 6.56. The molecule has 0 amide bonds. The minimum Gasteiger partial charge on any atom is -0.454 e. The molecule has 6 nitrogen and oxygen atoms in total. The Kier molecular flexibility index (Phi) is 4.29. The number of nitrogens with zero attached hydrogens (tertiary/aromatic N) is 3. The van der Waals surface area contributed by atoms with Gasteiger partial charge in [-0.05, 0) is 42.3 Å². The zero-order chi connectivity index (χ0) is 18.9. The first kappa shape index (κ1) is 16.9. The van der Waals surface area contributed by atoms with Gasteiger partial charge in [0, 0.05) is 23.7 Å². The topological polar surface area (TPSA) is 69.2 Å². The predicted octanol–water partition coefficient (Wildman–Crippen LogP) is 4.45. The summed E-state index contributed by atoms with van der Waals surface area (Å²) in [6, 6.07) is 12.2. The molecule has 7 heteroatoms. The van der Waals surface area contributed by atoms with E-state index in [2.05, 4.69) is 37.8 Å². The van der Waals surface area contributed by atoms with Crippen LogP contribution in [0, 0.1) is 6.92 Å². The van der Waals surface area contributed by atoms with E-state index in [-0.39, 0.29) is 6.79 Å². The van der Waals surface area contributed by atoms with Crippen molar-refractivity contribution in [2.45, 2.75) is 13.3 Å². The normalized spacial score (nSPS) is 12.5. The van der Waals surface area contributed by atoms with Gasteiger partial charge in [-0.3, -0.25) is 0 Å². The number of ether oxygens (including phenoxy) is 2.